The maximum absolute atomic E-state index is 6.12. The summed E-state index contributed by atoms with van der Waals surface area (Å²) >= 11 is 11.8. The summed E-state index contributed by atoms with van der Waals surface area (Å²) in [5.41, 5.74) is 7.96. The Labute approximate surface area is 104 Å². The first-order valence-electron chi connectivity index (χ1n) is 4.78. The van der Waals surface area contributed by atoms with Crippen molar-refractivity contribution in [2.45, 2.75) is 6.04 Å². The van der Waals surface area contributed by atoms with Crippen LogP contribution in [-0.2, 0) is 7.05 Å². The van der Waals surface area contributed by atoms with Gasteiger partial charge in [-0.1, -0.05) is 29.3 Å². The van der Waals surface area contributed by atoms with Gasteiger partial charge in [-0.15, -0.1) is 0 Å². The zero-order valence-corrected chi connectivity index (χ0v) is 10.2. The van der Waals surface area contributed by atoms with Crippen molar-refractivity contribution in [2.24, 2.45) is 12.8 Å². The van der Waals surface area contributed by atoms with Crippen LogP contribution in [0.1, 0.15) is 17.3 Å². The number of benzene rings is 1. The van der Waals surface area contributed by atoms with E-state index in [0.717, 1.165) is 11.3 Å². The van der Waals surface area contributed by atoms with E-state index in [1.807, 2.05) is 19.2 Å². The molecule has 1 unspecified atom stereocenters. The summed E-state index contributed by atoms with van der Waals surface area (Å²) in [7, 11) is 1.85. The van der Waals surface area contributed by atoms with Crippen molar-refractivity contribution in [1.29, 1.82) is 0 Å². The van der Waals surface area contributed by atoms with Crippen molar-refractivity contribution in [2.75, 3.05) is 0 Å². The van der Waals surface area contributed by atoms with Crippen LogP contribution in [0.4, 0.5) is 0 Å². The minimum Gasteiger partial charge on any atom is -0.319 e. The van der Waals surface area contributed by atoms with Crippen LogP contribution in [-0.4, -0.2) is 9.78 Å². The van der Waals surface area contributed by atoms with Crippen LogP contribution in [0.2, 0.25) is 10.0 Å². The Morgan fingerprint density at radius 2 is 2.00 bits per heavy atom. The van der Waals surface area contributed by atoms with E-state index in [9.17, 15) is 0 Å². The van der Waals surface area contributed by atoms with Gasteiger partial charge in [-0.2, -0.15) is 5.10 Å². The molecule has 0 saturated heterocycles. The standard InChI is InChI=1S/C11H11Cl2N3/c1-16-10(4-5-15-16)11(14)7-2-3-8(12)9(13)6-7/h2-6,11H,14H2,1H3. The summed E-state index contributed by atoms with van der Waals surface area (Å²) in [6.07, 6.45) is 1.71. The van der Waals surface area contributed by atoms with Gasteiger partial charge in [0.2, 0.25) is 0 Å². The van der Waals surface area contributed by atoms with Gasteiger partial charge in [-0.05, 0) is 23.8 Å². The predicted molar refractivity (Wildman–Crippen MR) is 65.7 cm³/mol. The smallest absolute Gasteiger partial charge is 0.0723 e. The molecule has 0 spiro atoms. The summed E-state index contributed by atoms with van der Waals surface area (Å²) < 4.78 is 1.74. The second-order valence-corrected chi connectivity index (χ2v) is 4.35. The van der Waals surface area contributed by atoms with E-state index in [4.69, 9.17) is 28.9 Å². The molecular formula is C11H11Cl2N3. The van der Waals surface area contributed by atoms with Crippen molar-refractivity contribution < 1.29 is 0 Å². The predicted octanol–water partition coefficient (Wildman–Crippen LogP) is 2.78. The lowest BCUT2D eigenvalue weighted by Crippen LogP contribution is -2.15. The number of halogens is 2. The Kier molecular flexibility index (Phi) is 3.19. The van der Waals surface area contributed by atoms with Crippen molar-refractivity contribution in [3.05, 3.63) is 51.8 Å². The Balaban J connectivity index is 2.38. The van der Waals surface area contributed by atoms with E-state index < -0.39 is 0 Å². The third-order valence-electron chi connectivity index (χ3n) is 2.48. The highest BCUT2D eigenvalue weighted by molar-refractivity contribution is 6.42. The Morgan fingerprint density at radius 3 is 2.56 bits per heavy atom. The molecule has 0 amide bonds. The van der Waals surface area contributed by atoms with Crippen molar-refractivity contribution in [1.82, 2.24) is 9.78 Å². The number of nitrogens with zero attached hydrogens (tertiary/aromatic N) is 2. The Hall–Kier alpha value is -1.03. The van der Waals surface area contributed by atoms with Gasteiger partial charge in [-0.25, -0.2) is 0 Å². The highest BCUT2D eigenvalue weighted by Crippen LogP contribution is 2.27. The zero-order valence-electron chi connectivity index (χ0n) is 8.69. The topological polar surface area (TPSA) is 43.8 Å². The van der Waals surface area contributed by atoms with Gasteiger partial charge >= 0.3 is 0 Å². The van der Waals surface area contributed by atoms with Crippen LogP contribution in [0.3, 0.4) is 0 Å². The Bertz CT molecular complexity index is 508. The molecule has 0 bridgehead atoms. The maximum atomic E-state index is 6.12. The third kappa shape index (κ3) is 2.07. The number of hydrogen-bond acceptors (Lipinski definition) is 2. The zero-order chi connectivity index (χ0) is 11.7. The Morgan fingerprint density at radius 1 is 1.25 bits per heavy atom. The lowest BCUT2D eigenvalue weighted by atomic mass is 10.1. The van der Waals surface area contributed by atoms with E-state index in [1.54, 1.807) is 23.0 Å². The molecule has 1 heterocycles. The fourth-order valence-corrected chi connectivity index (χ4v) is 1.87. The molecule has 1 atom stereocenters. The first kappa shape index (κ1) is 11.5. The number of aromatic nitrogens is 2. The van der Waals surface area contributed by atoms with E-state index in [1.165, 1.54) is 0 Å². The normalized spacial score (nSPS) is 12.8. The van der Waals surface area contributed by atoms with Crippen LogP contribution in [0.25, 0.3) is 0 Å². The summed E-state index contributed by atoms with van der Waals surface area (Å²) in [4.78, 5) is 0. The SMILES string of the molecule is Cn1nccc1C(N)c1ccc(Cl)c(Cl)c1. The molecule has 16 heavy (non-hydrogen) atoms. The largest absolute Gasteiger partial charge is 0.319 e. The summed E-state index contributed by atoms with van der Waals surface area (Å²) in [6.45, 7) is 0. The van der Waals surface area contributed by atoms with Gasteiger partial charge in [0.1, 0.15) is 0 Å². The minimum absolute atomic E-state index is 0.248. The fraction of sp³-hybridized carbons (Fsp3) is 0.182. The number of hydrogen-bond donors (Lipinski definition) is 1. The highest BCUT2D eigenvalue weighted by atomic mass is 35.5. The number of nitrogens with two attached hydrogens (primary N) is 1. The van der Waals surface area contributed by atoms with Gasteiger partial charge in [-0.3, -0.25) is 4.68 Å². The van der Waals surface area contributed by atoms with E-state index in [-0.39, 0.29) is 6.04 Å². The van der Waals surface area contributed by atoms with E-state index in [2.05, 4.69) is 5.10 Å². The average molecular weight is 256 g/mol. The maximum Gasteiger partial charge on any atom is 0.0723 e. The summed E-state index contributed by atoms with van der Waals surface area (Å²) in [5.74, 6) is 0. The number of rotatable bonds is 2. The molecule has 0 fully saturated rings. The molecule has 1 aromatic heterocycles. The third-order valence-corrected chi connectivity index (χ3v) is 3.22. The lowest BCUT2D eigenvalue weighted by molar-refractivity contribution is 0.673. The van der Waals surface area contributed by atoms with Crippen LogP contribution in [0.5, 0.6) is 0 Å². The van der Waals surface area contributed by atoms with Crippen LogP contribution < -0.4 is 5.73 Å². The fourth-order valence-electron chi connectivity index (χ4n) is 1.57. The molecule has 84 valence electrons. The number of aryl methyl sites for hydroxylation is 1. The minimum atomic E-state index is -0.248. The first-order valence-corrected chi connectivity index (χ1v) is 5.53. The molecule has 0 saturated carbocycles. The molecule has 3 nitrogen and oxygen atoms in total. The second kappa shape index (κ2) is 4.45. The van der Waals surface area contributed by atoms with Crippen molar-refractivity contribution >= 4 is 23.2 Å². The molecule has 1 aromatic carbocycles. The molecule has 2 rings (SSSR count). The van der Waals surface area contributed by atoms with Gasteiger partial charge in [0, 0.05) is 13.2 Å². The van der Waals surface area contributed by atoms with Crippen LogP contribution in [0, 0.1) is 0 Å². The average Bonchev–Trinajstić information content (AvgIpc) is 2.67. The lowest BCUT2D eigenvalue weighted by Gasteiger charge is -2.13. The van der Waals surface area contributed by atoms with Gasteiger partial charge in [0.15, 0.2) is 0 Å². The molecule has 0 aliphatic rings. The summed E-state index contributed by atoms with van der Waals surface area (Å²) in [5, 5.41) is 5.12. The molecular weight excluding hydrogens is 245 g/mol. The van der Waals surface area contributed by atoms with Crippen molar-refractivity contribution in [3.8, 4) is 0 Å². The molecule has 5 heteroatoms. The molecule has 2 N–H and O–H groups in total. The molecule has 0 aliphatic carbocycles. The highest BCUT2D eigenvalue weighted by Gasteiger charge is 2.13. The first-order chi connectivity index (χ1) is 7.59. The van der Waals surface area contributed by atoms with Gasteiger partial charge in [0.05, 0.1) is 21.8 Å². The quantitative estimate of drug-likeness (QED) is 0.897. The second-order valence-electron chi connectivity index (χ2n) is 3.53. The van der Waals surface area contributed by atoms with Gasteiger partial charge < -0.3 is 5.73 Å². The van der Waals surface area contributed by atoms with Crippen LogP contribution >= 0.6 is 23.2 Å². The molecule has 0 aliphatic heterocycles. The molecule has 0 radical (unpaired) electrons. The monoisotopic (exact) mass is 255 g/mol. The van der Waals surface area contributed by atoms with E-state index >= 15 is 0 Å². The van der Waals surface area contributed by atoms with Crippen LogP contribution in [0.15, 0.2) is 30.5 Å². The summed E-state index contributed by atoms with van der Waals surface area (Å²) in [6, 6.07) is 7.03. The van der Waals surface area contributed by atoms with E-state index in [0.29, 0.717) is 10.0 Å². The van der Waals surface area contributed by atoms with Crippen molar-refractivity contribution in [3.63, 3.8) is 0 Å². The molecule has 2 aromatic rings. The van der Waals surface area contributed by atoms with Gasteiger partial charge in [0.25, 0.3) is 0 Å².